The molecule has 2 aliphatic heterocycles. The van der Waals surface area contributed by atoms with E-state index in [2.05, 4.69) is 0 Å². The molecule has 2 saturated heterocycles. The molecule has 0 bridgehead atoms. The first kappa shape index (κ1) is 14.6. The highest BCUT2D eigenvalue weighted by Gasteiger charge is 2.58. The molecule has 5 atom stereocenters. The number of fused-ring (bicyclic) bond motifs is 3. The Morgan fingerprint density at radius 3 is 2.52 bits per heavy atom. The molecule has 2 heterocycles. The third-order valence-electron chi connectivity index (χ3n) is 5.57. The molecular weight excluding hydrogens is 294 g/mol. The Balaban J connectivity index is 1.67. The highest BCUT2D eigenvalue weighted by Crippen LogP contribution is 2.50. The van der Waals surface area contributed by atoms with E-state index in [0.29, 0.717) is 18.7 Å². The van der Waals surface area contributed by atoms with E-state index in [9.17, 15) is 14.4 Å². The molecule has 0 radical (unpaired) electrons. The molecule has 23 heavy (non-hydrogen) atoms. The number of carbonyl (C=O) groups excluding carboxylic acids is 3. The van der Waals surface area contributed by atoms with Crippen molar-refractivity contribution in [2.75, 3.05) is 11.5 Å². The Morgan fingerprint density at radius 1 is 1.09 bits per heavy atom. The lowest BCUT2D eigenvalue weighted by atomic mass is 9.67. The zero-order valence-corrected chi connectivity index (χ0v) is 13.0. The summed E-state index contributed by atoms with van der Waals surface area (Å²) in [6.07, 6.45) is 1.03. The van der Waals surface area contributed by atoms with Crippen molar-refractivity contribution < 1.29 is 19.1 Å². The van der Waals surface area contributed by atoms with Gasteiger partial charge in [0, 0.05) is 5.92 Å². The van der Waals surface area contributed by atoms with Crippen molar-refractivity contribution >= 4 is 23.3 Å². The van der Waals surface area contributed by atoms with E-state index in [1.807, 2.05) is 18.2 Å². The van der Waals surface area contributed by atoms with Crippen LogP contribution in [0.5, 0.6) is 0 Å². The molecule has 0 spiro atoms. The summed E-state index contributed by atoms with van der Waals surface area (Å²) in [5.41, 5.74) is 0.635. The number of hydrogen-bond donors (Lipinski definition) is 0. The zero-order chi connectivity index (χ0) is 16.1. The molecule has 1 aromatic carbocycles. The number of Topliss-reactive ketones (excluding diaryl/α,β-unsaturated/α-hetero) is 1. The molecule has 0 unspecified atom stereocenters. The summed E-state index contributed by atoms with van der Waals surface area (Å²) in [7, 11) is 0. The Hall–Kier alpha value is -2.01. The predicted octanol–water partition coefficient (Wildman–Crippen LogP) is 1.81. The highest BCUT2D eigenvalue weighted by molar-refractivity contribution is 6.22. The number of nitrogens with zero attached hydrogens (tertiary/aromatic N) is 1. The molecular formula is C18H19NO4. The standard InChI is InChI=1S/C18H19NO4/c1-10(20)16-12-7-8-13-15(14(12)9-23-16)18(22)19(17(13)21)11-5-3-2-4-6-11/h2-6,12-16H,7-9H2,1H3/t12-,13+,14-,15+,16+/m1/s1. The third-order valence-corrected chi connectivity index (χ3v) is 5.57. The van der Waals surface area contributed by atoms with E-state index in [1.54, 1.807) is 12.1 Å². The summed E-state index contributed by atoms with van der Waals surface area (Å²) in [5.74, 6) is -0.768. The predicted molar refractivity (Wildman–Crippen MR) is 82.6 cm³/mol. The van der Waals surface area contributed by atoms with Gasteiger partial charge in [0.05, 0.1) is 24.1 Å². The molecule has 1 aliphatic carbocycles. The minimum Gasteiger partial charge on any atom is -0.370 e. The number of para-hydroxylation sites is 1. The lowest BCUT2D eigenvalue weighted by Crippen LogP contribution is -2.39. The van der Waals surface area contributed by atoms with Crippen molar-refractivity contribution in [1.29, 1.82) is 0 Å². The molecule has 1 aromatic rings. The van der Waals surface area contributed by atoms with Crippen LogP contribution in [0.2, 0.25) is 0 Å². The van der Waals surface area contributed by atoms with Gasteiger partial charge in [-0.15, -0.1) is 0 Å². The van der Waals surface area contributed by atoms with Crippen molar-refractivity contribution in [1.82, 2.24) is 0 Å². The fourth-order valence-corrected chi connectivity index (χ4v) is 4.58. The molecule has 120 valence electrons. The molecule has 5 heteroatoms. The van der Waals surface area contributed by atoms with E-state index in [0.717, 1.165) is 6.42 Å². The second-order valence-electron chi connectivity index (χ2n) is 6.75. The van der Waals surface area contributed by atoms with Crippen LogP contribution < -0.4 is 4.90 Å². The number of rotatable bonds is 2. The number of imide groups is 1. The highest BCUT2D eigenvalue weighted by atomic mass is 16.5. The molecule has 4 rings (SSSR count). The number of carbonyl (C=O) groups is 3. The maximum atomic E-state index is 12.9. The van der Waals surface area contributed by atoms with E-state index in [-0.39, 0.29) is 41.3 Å². The Kier molecular flexibility index (Phi) is 3.34. The van der Waals surface area contributed by atoms with Gasteiger partial charge in [-0.2, -0.15) is 0 Å². The van der Waals surface area contributed by atoms with Crippen LogP contribution in [0.3, 0.4) is 0 Å². The second kappa shape index (κ2) is 5.27. The van der Waals surface area contributed by atoms with Crippen LogP contribution in [-0.4, -0.2) is 30.3 Å². The van der Waals surface area contributed by atoms with Gasteiger partial charge in [-0.25, -0.2) is 0 Å². The van der Waals surface area contributed by atoms with Gasteiger partial charge in [-0.05, 0) is 37.8 Å². The average Bonchev–Trinajstić information content (AvgIpc) is 3.08. The topological polar surface area (TPSA) is 63.7 Å². The van der Waals surface area contributed by atoms with Crippen molar-refractivity contribution in [3.63, 3.8) is 0 Å². The van der Waals surface area contributed by atoms with Gasteiger partial charge in [0.25, 0.3) is 0 Å². The third kappa shape index (κ3) is 2.06. The first-order chi connectivity index (χ1) is 11.1. The largest absolute Gasteiger partial charge is 0.370 e. The van der Waals surface area contributed by atoms with Gasteiger partial charge >= 0.3 is 0 Å². The van der Waals surface area contributed by atoms with Gasteiger partial charge in [-0.1, -0.05) is 18.2 Å². The molecule has 3 fully saturated rings. The smallest absolute Gasteiger partial charge is 0.238 e. The van der Waals surface area contributed by atoms with Crippen molar-refractivity contribution in [2.45, 2.75) is 25.9 Å². The van der Waals surface area contributed by atoms with E-state index in [1.165, 1.54) is 11.8 Å². The summed E-state index contributed by atoms with van der Waals surface area (Å²) in [5, 5.41) is 0. The average molecular weight is 313 g/mol. The number of ketones is 1. The van der Waals surface area contributed by atoms with Crippen molar-refractivity contribution in [3.8, 4) is 0 Å². The molecule has 2 amide bonds. The summed E-state index contributed by atoms with van der Waals surface area (Å²) in [4.78, 5) is 38.8. The second-order valence-corrected chi connectivity index (χ2v) is 6.75. The lowest BCUT2D eigenvalue weighted by Gasteiger charge is -2.32. The lowest BCUT2D eigenvalue weighted by molar-refractivity contribution is -0.128. The Bertz CT molecular complexity index is 671. The number of ether oxygens (including phenoxy) is 1. The van der Waals surface area contributed by atoms with Crippen LogP contribution in [0.25, 0.3) is 0 Å². The van der Waals surface area contributed by atoms with Gasteiger partial charge in [-0.3, -0.25) is 19.3 Å². The van der Waals surface area contributed by atoms with Crippen LogP contribution >= 0.6 is 0 Å². The minimum atomic E-state index is -0.408. The summed E-state index contributed by atoms with van der Waals surface area (Å²) < 4.78 is 5.66. The normalized spacial score (nSPS) is 36.0. The van der Waals surface area contributed by atoms with Gasteiger partial charge in [0.1, 0.15) is 6.10 Å². The Morgan fingerprint density at radius 2 is 1.83 bits per heavy atom. The van der Waals surface area contributed by atoms with Crippen LogP contribution in [0.4, 0.5) is 5.69 Å². The van der Waals surface area contributed by atoms with Crippen LogP contribution in [0.1, 0.15) is 19.8 Å². The van der Waals surface area contributed by atoms with Crippen molar-refractivity contribution in [2.24, 2.45) is 23.7 Å². The van der Waals surface area contributed by atoms with Crippen LogP contribution in [0, 0.1) is 23.7 Å². The maximum Gasteiger partial charge on any atom is 0.238 e. The number of hydrogen-bond acceptors (Lipinski definition) is 4. The van der Waals surface area contributed by atoms with E-state index >= 15 is 0 Å². The first-order valence-electron chi connectivity index (χ1n) is 8.14. The molecule has 1 saturated carbocycles. The number of benzene rings is 1. The van der Waals surface area contributed by atoms with Gasteiger partial charge in [0.15, 0.2) is 5.78 Å². The zero-order valence-electron chi connectivity index (χ0n) is 13.0. The van der Waals surface area contributed by atoms with Crippen molar-refractivity contribution in [3.05, 3.63) is 30.3 Å². The summed E-state index contributed by atoms with van der Waals surface area (Å²) >= 11 is 0. The fraction of sp³-hybridized carbons (Fsp3) is 0.500. The van der Waals surface area contributed by atoms with E-state index in [4.69, 9.17) is 4.74 Å². The molecule has 0 N–H and O–H groups in total. The van der Waals surface area contributed by atoms with E-state index < -0.39 is 6.10 Å². The maximum absolute atomic E-state index is 12.9. The van der Waals surface area contributed by atoms with Gasteiger partial charge in [0.2, 0.25) is 11.8 Å². The minimum absolute atomic E-state index is 0.0205. The SMILES string of the molecule is CC(=O)[C@@H]1OC[C@@H]2[C@H]1CC[C@@H]1C(=O)N(c3ccccc3)C(=O)[C@H]21. The quantitative estimate of drug-likeness (QED) is 0.781. The number of anilines is 1. The van der Waals surface area contributed by atoms with Crippen LogP contribution in [0.15, 0.2) is 30.3 Å². The van der Waals surface area contributed by atoms with Crippen LogP contribution in [-0.2, 0) is 19.1 Å². The molecule has 5 nitrogen and oxygen atoms in total. The first-order valence-corrected chi connectivity index (χ1v) is 8.14. The van der Waals surface area contributed by atoms with Gasteiger partial charge < -0.3 is 4.74 Å². The fourth-order valence-electron chi connectivity index (χ4n) is 4.58. The molecule has 3 aliphatic rings. The summed E-state index contributed by atoms with van der Waals surface area (Å²) in [6.45, 7) is 1.94. The number of amides is 2. The Labute approximate surface area is 134 Å². The summed E-state index contributed by atoms with van der Waals surface area (Å²) in [6, 6.07) is 9.08. The molecule has 0 aromatic heterocycles. The monoisotopic (exact) mass is 313 g/mol.